The van der Waals surface area contributed by atoms with E-state index in [0.717, 1.165) is 57.4 Å². The van der Waals surface area contributed by atoms with Gasteiger partial charge in [-0.15, -0.1) is 0 Å². The molecule has 6 bridgehead atoms. The number of allylic oxidation sites excluding steroid dienone is 1. The molecule has 3 N–H and O–H groups in total. The Labute approximate surface area is 405 Å². The monoisotopic (exact) mass is 955 g/mol. The van der Waals surface area contributed by atoms with Gasteiger partial charge in [0.1, 0.15) is 23.9 Å². The minimum Gasteiger partial charge on any atom is -0.508 e. The van der Waals surface area contributed by atoms with Crippen molar-refractivity contribution in [2.75, 3.05) is 67.7 Å². The number of benzene rings is 2. The van der Waals surface area contributed by atoms with Crippen molar-refractivity contribution < 1.29 is 43.5 Å². The molecule has 0 saturated carbocycles. The Hall–Kier alpha value is -5.69. The molecule has 2 unspecified atom stereocenters. The summed E-state index contributed by atoms with van der Waals surface area (Å²) in [5.41, 5.74) is 9.88. The SMILES string of the molecule is CCn1c(C2=C([C@H](C)OC)N=CCC2)c2c3cc(ccc31)-c1cc(O)cc(c1)C[C@H](NC(=O)[C@H](C(C)C)N(C)C(=O)CN(C)C(=O)C1CN1CCOC)C(=O)N1CCC[C@H](N1)[N+](=O)OCC(C)(C)C2. The van der Waals surface area contributed by atoms with Crippen LogP contribution in [0.3, 0.4) is 0 Å². The number of hydrogen-bond acceptors (Lipinski definition) is 12. The number of phenols is 1. The summed E-state index contributed by atoms with van der Waals surface area (Å²) in [5.74, 6) is -2.09. The zero-order chi connectivity index (χ0) is 49.9. The number of amides is 4. The lowest BCUT2D eigenvalue weighted by Crippen LogP contribution is -2.62. The lowest BCUT2D eigenvalue weighted by molar-refractivity contribution is -0.835. The summed E-state index contributed by atoms with van der Waals surface area (Å²) in [7, 11) is 6.39. The maximum absolute atomic E-state index is 14.7. The van der Waals surface area contributed by atoms with Crippen LogP contribution in [0.25, 0.3) is 27.6 Å². The summed E-state index contributed by atoms with van der Waals surface area (Å²) in [6.45, 7) is 14.4. The normalized spacial score (nSPS) is 22.5. The van der Waals surface area contributed by atoms with Crippen LogP contribution in [-0.2, 0) is 52.9 Å². The van der Waals surface area contributed by atoms with E-state index in [2.05, 4.69) is 48.2 Å². The van der Waals surface area contributed by atoms with Crippen LogP contribution < -0.4 is 10.7 Å². The topological polar surface area (TPSA) is 190 Å². The lowest BCUT2D eigenvalue weighted by Gasteiger charge is -2.35. The number of methoxy groups -OCH3 is 2. The number of ether oxygens (including phenoxy) is 2. The maximum Gasteiger partial charge on any atom is 0.326 e. The van der Waals surface area contributed by atoms with Gasteiger partial charge in [0, 0.05) is 95.4 Å². The molecule has 18 nitrogen and oxygen atoms in total. The Morgan fingerprint density at radius 3 is 2.58 bits per heavy atom. The second-order valence-electron chi connectivity index (χ2n) is 20.1. The number of aryl methyl sites for hydroxylation is 1. The van der Waals surface area contributed by atoms with E-state index in [9.17, 15) is 29.2 Å². The zero-order valence-electron chi connectivity index (χ0n) is 42.0. The van der Waals surface area contributed by atoms with Crippen LogP contribution in [0.4, 0.5) is 0 Å². The van der Waals surface area contributed by atoms with Gasteiger partial charge in [-0.1, -0.05) is 39.8 Å². The molecule has 0 radical (unpaired) electrons. The minimum atomic E-state index is -1.19. The highest BCUT2D eigenvalue weighted by atomic mass is 16.8. The molecule has 2 aromatic carbocycles. The number of hydrogen-bond donors (Lipinski definition) is 3. The number of carbonyl (C=O) groups excluding carboxylic acids is 4. The number of phenolic OH excluding ortho intramolecular Hbond substituents is 1. The second-order valence-corrected chi connectivity index (χ2v) is 20.1. The van der Waals surface area contributed by atoms with E-state index >= 15 is 0 Å². The average molecular weight is 955 g/mol. The number of aromatic hydroxyl groups is 1. The number of aliphatic imine (C=N–C) groups is 1. The number of likely N-dealkylation sites (N-methyl/N-ethyl adjacent to an activating group) is 2. The molecule has 7 rings (SSSR count). The van der Waals surface area contributed by atoms with E-state index in [-0.39, 0.29) is 55.8 Å². The number of nitrogens with one attached hydrogen (secondary N) is 2. The van der Waals surface area contributed by atoms with E-state index in [1.165, 1.54) is 21.9 Å². The molecule has 4 amide bonds. The summed E-state index contributed by atoms with van der Waals surface area (Å²) in [6, 6.07) is 8.96. The van der Waals surface area contributed by atoms with Crippen molar-refractivity contribution in [1.82, 2.24) is 35.0 Å². The molecular formula is C51H72N9O9+. The van der Waals surface area contributed by atoms with Gasteiger partial charge >= 0.3 is 6.17 Å². The largest absolute Gasteiger partial charge is 0.508 e. The third-order valence-corrected chi connectivity index (χ3v) is 13.9. The van der Waals surface area contributed by atoms with Crippen LogP contribution in [0.1, 0.15) is 84.0 Å². The smallest absolute Gasteiger partial charge is 0.326 e. The van der Waals surface area contributed by atoms with Gasteiger partial charge in [0.15, 0.2) is 6.61 Å². The van der Waals surface area contributed by atoms with Gasteiger partial charge in [-0.2, -0.15) is 5.43 Å². The first kappa shape index (κ1) is 51.2. The van der Waals surface area contributed by atoms with Crippen LogP contribution in [-0.4, -0.2) is 162 Å². The van der Waals surface area contributed by atoms with E-state index < -0.39 is 41.4 Å². The fourth-order valence-corrected chi connectivity index (χ4v) is 10.1. The van der Waals surface area contributed by atoms with Crippen LogP contribution in [0.5, 0.6) is 5.75 Å². The van der Waals surface area contributed by atoms with Crippen molar-refractivity contribution in [3.63, 3.8) is 0 Å². The summed E-state index contributed by atoms with van der Waals surface area (Å²) >= 11 is 0. The molecule has 5 heterocycles. The van der Waals surface area contributed by atoms with Gasteiger partial charge in [-0.25, -0.2) is 4.84 Å². The molecule has 69 heavy (non-hydrogen) atoms. The van der Waals surface area contributed by atoms with Gasteiger partial charge in [0.25, 0.3) is 5.91 Å². The van der Waals surface area contributed by atoms with Gasteiger partial charge in [0.2, 0.25) is 22.6 Å². The first-order valence-corrected chi connectivity index (χ1v) is 24.3. The molecular weight excluding hydrogens is 883 g/mol. The summed E-state index contributed by atoms with van der Waals surface area (Å²) in [4.78, 5) is 86.3. The molecule has 2 fully saturated rings. The summed E-state index contributed by atoms with van der Waals surface area (Å²) < 4.78 is 13.3. The van der Waals surface area contributed by atoms with Crippen LogP contribution in [0.15, 0.2) is 47.1 Å². The Balaban J connectivity index is 1.26. The highest BCUT2D eigenvalue weighted by Crippen LogP contribution is 2.42. The Kier molecular flexibility index (Phi) is 16.0. The molecule has 6 atom stereocenters. The van der Waals surface area contributed by atoms with E-state index in [0.29, 0.717) is 56.0 Å². The predicted octanol–water partition coefficient (Wildman–Crippen LogP) is 4.69. The van der Waals surface area contributed by atoms with Crippen LogP contribution in [0.2, 0.25) is 0 Å². The Bertz CT molecular complexity index is 2500. The average Bonchev–Trinajstić information content (AvgIpc) is 4.05. The first-order valence-electron chi connectivity index (χ1n) is 24.3. The van der Waals surface area contributed by atoms with Crippen molar-refractivity contribution in [3.8, 4) is 16.9 Å². The number of aromatic nitrogens is 1. The fraction of sp³-hybridized carbons (Fsp3) is 0.588. The fourth-order valence-electron chi connectivity index (χ4n) is 10.1. The second kappa shape index (κ2) is 21.5. The third kappa shape index (κ3) is 11.3. The highest BCUT2D eigenvalue weighted by Gasteiger charge is 2.43. The molecule has 2 saturated heterocycles. The molecule has 1 aromatic heterocycles. The molecule has 0 spiro atoms. The molecule has 3 aromatic rings. The minimum absolute atomic E-state index is 0.0153. The first-order chi connectivity index (χ1) is 32.9. The van der Waals surface area contributed by atoms with Crippen molar-refractivity contribution >= 4 is 46.3 Å². The number of fused-ring (bicyclic) bond motifs is 6. The van der Waals surface area contributed by atoms with Gasteiger partial charge < -0.3 is 34.3 Å². The van der Waals surface area contributed by atoms with Crippen LogP contribution >= 0.6 is 0 Å². The molecule has 18 heteroatoms. The molecule has 4 aliphatic heterocycles. The number of hydrazine groups is 1. The third-order valence-electron chi connectivity index (χ3n) is 13.9. The van der Waals surface area contributed by atoms with E-state index in [1.54, 1.807) is 33.4 Å². The number of rotatable bonds is 14. The van der Waals surface area contributed by atoms with E-state index in [1.807, 2.05) is 44.0 Å². The van der Waals surface area contributed by atoms with E-state index in [4.69, 9.17) is 19.3 Å². The van der Waals surface area contributed by atoms with Gasteiger partial charge in [-0.3, -0.25) is 34.1 Å². The van der Waals surface area contributed by atoms with Crippen molar-refractivity contribution in [2.45, 2.75) is 117 Å². The lowest BCUT2D eigenvalue weighted by atomic mass is 9.83. The Morgan fingerprint density at radius 1 is 1.10 bits per heavy atom. The number of nitrogens with zero attached hydrogens (tertiary/aromatic N) is 7. The highest BCUT2D eigenvalue weighted by molar-refractivity contribution is 5.96. The molecule has 374 valence electrons. The zero-order valence-corrected chi connectivity index (χ0v) is 42.0. The number of carbonyl (C=O) groups is 4. The van der Waals surface area contributed by atoms with Crippen molar-refractivity contribution in [1.29, 1.82) is 0 Å². The van der Waals surface area contributed by atoms with Crippen molar-refractivity contribution in [3.05, 3.63) is 63.8 Å². The van der Waals surface area contributed by atoms with Crippen molar-refractivity contribution in [2.24, 2.45) is 16.3 Å². The van der Waals surface area contributed by atoms with Gasteiger partial charge in [0.05, 0.1) is 35.6 Å². The van der Waals surface area contributed by atoms with Crippen LogP contribution in [0, 0.1) is 16.2 Å². The standard InChI is InChI=1S/C51H71N9O9/c1-11-58-41-17-16-34-26-38(41)39(47(58)37-14-12-18-52-45(37)32(4)68-10)27-51(5,6)30-69-60(66)43-15-13-19-59(54-43)49(64)40(24-33-22-35(34)25-36(61)23-33)53-48(63)46(31(2)3)56(8)44(62)29-55(7)50(65)42-28-57(42)20-21-67-9/h16-18,22-23,25-26,31-32,40,42-43,46,54H,11-15,19-21,24,27-30H2,1-10H3,(H-,53,61,63)/p+1/t32-,40-,42?,43+,46-,57?/m0/s1. The quantitative estimate of drug-likeness (QED) is 0.190. The molecule has 4 aliphatic rings. The molecule has 0 aliphatic carbocycles. The predicted molar refractivity (Wildman–Crippen MR) is 263 cm³/mol. The summed E-state index contributed by atoms with van der Waals surface area (Å²) in [6.07, 6.45) is 3.78. The maximum atomic E-state index is 14.7. The van der Waals surface area contributed by atoms with Gasteiger partial charge in [-0.05, 0) is 92.0 Å². The Morgan fingerprint density at radius 2 is 1.87 bits per heavy atom. The summed E-state index contributed by atoms with van der Waals surface area (Å²) in [5, 5.41) is 16.7.